The molecule has 0 spiro atoms. The number of hydrogen-bond donors (Lipinski definition) is 0. The molecule has 0 aromatic rings. The summed E-state index contributed by atoms with van der Waals surface area (Å²) in [5.74, 6) is 0. The molecule has 0 radical (unpaired) electrons. The van der Waals surface area contributed by atoms with Gasteiger partial charge < -0.3 is 9.47 Å². The molecule has 1 fully saturated rings. The highest BCUT2D eigenvalue weighted by molar-refractivity contribution is 4.85. The van der Waals surface area contributed by atoms with E-state index in [2.05, 4.69) is 20.1 Å². The second-order valence-corrected chi connectivity index (χ2v) is 3.09. The van der Waals surface area contributed by atoms with E-state index in [0.717, 1.165) is 0 Å². The largest absolute Gasteiger partial charge is 0.355 e. The van der Waals surface area contributed by atoms with Crippen molar-refractivity contribution in [1.29, 1.82) is 0 Å². The van der Waals surface area contributed by atoms with Crippen molar-refractivity contribution < 1.29 is 9.47 Å². The van der Waals surface area contributed by atoms with Crippen molar-refractivity contribution in [3.63, 3.8) is 0 Å². The van der Waals surface area contributed by atoms with Crippen LogP contribution in [0.25, 0.3) is 20.9 Å². The molecule has 0 N–H and O–H groups in total. The van der Waals surface area contributed by atoms with Crippen LogP contribution in [0.3, 0.4) is 0 Å². The van der Waals surface area contributed by atoms with Gasteiger partial charge in [-0.2, -0.15) is 0 Å². The van der Waals surface area contributed by atoms with Crippen LogP contribution in [-0.2, 0) is 9.47 Å². The summed E-state index contributed by atoms with van der Waals surface area (Å²) in [6, 6.07) is 0. The van der Waals surface area contributed by atoms with Crippen LogP contribution >= 0.6 is 0 Å². The Labute approximate surface area is 80.1 Å². The Hall–Kier alpha value is -1.46. The van der Waals surface area contributed by atoms with Crippen LogP contribution in [0.2, 0.25) is 0 Å². The summed E-state index contributed by atoms with van der Waals surface area (Å²) in [7, 11) is 0. The fraction of sp³-hybridized carbons (Fsp3) is 1.00. The van der Waals surface area contributed by atoms with Gasteiger partial charge in [0.15, 0.2) is 0 Å². The zero-order valence-corrected chi connectivity index (χ0v) is 7.54. The van der Waals surface area contributed by atoms with E-state index < -0.39 is 5.41 Å². The summed E-state index contributed by atoms with van der Waals surface area (Å²) in [5.41, 5.74) is 15.9. The van der Waals surface area contributed by atoms with Gasteiger partial charge >= 0.3 is 0 Å². The molecule has 76 valence electrons. The Kier molecular flexibility index (Phi) is 4.03. The quantitative estimate of drug-likeness (QED) is 0.387. The Morgan fingerprint density at radius 1 is 1.07 bits per heavy atom. The lowest BCUT2D eigenvalue weighted by Gasteiger charge is -2.33. The second kappa shape index (κ2) is 5.31. The van der Waals surface area contributed by atoms with Crippen LogP contribution in [0, 0.1) is 5.41 Å². The molecule has 1 rings (SSSR count). The van der Waals surface area contributed by atoms with Gasteiger partial charge in [0.05, 0.1) is 13.2 Å². The van der Waals surface area contributed by atoms with Gasteiger partial charge in [-0.15, -0.1) is 0 Å². The van der Waals surface area contributed by atoms with Crippen LogP contribution in [0.1, 0.15) is 0 Å². The maximum atomic E-state index is 8.21. The molecular weight excluding hydrogens is 188 g/mol. The molecular formula is C6H10N6O2. The minimum absolute atomic E-state index is 0.211. The molecule has 0 amide bonds. The number of ether oxygens (including phenoxy) is 2. The summed E-state index contributed by atoms with van der Waals surface area (Å²) < 4.78 is 10.2. The fourth-order valence-electron chi connectivity index (χ4n) is 1.21. The summed E-state index contributed by atoms with van der Waals surface area (Å²) in [6.45, 7) is 1.41. The van der Waals surface area contributed by atoms with Crippen molar-refractivity contribution in [2.75, 3.05) is 33.1 Å². The summed E-state index contributed by atoms with van der Waals surface area (Å²) in [4.78, 5) is 5.32. The molecule has 1 aliphatic rings. The first-order valence-corrected chi connectivity index (χ1v) is 4.00. The minimum Gasteiger partial charge on any atom is -0.355 e. The second-order valence-electron chi connectivity index (χ2n) is 3.09. The first-order valence-electron chi connectivity index (χ1n) is 4.00. The highest BCUT2D eigenvalue weighted by Gasteiger charge is 2.32. The molecule has 0 bridgehead atoms. The molecule has 1 heterocycles. The highest BCUT2D eigenvalue weighted by atomic mass is 16.7. The molecule has 0 aromatic carbocycles. The van der Waals surface area contributed by atoms with Crippen molar-refractivity contribution in [3.8, 4) is 0 Å². The van der Waals surface area contributed by atoms with Gasteiger partial charge in [-0.05, 0) is 11.1 Å². The van der Waals surface area contributed by atoms with Crippen molar-refractivity contribution in [3.05, 3.63) is 20.9 Å². The summed E-state index contributed by atoms with van der Waals surface area (Å²) in [6.07, 6.45) is 0. The van der Waals surface area contributed by atoms with Crippen LogP contribution in [-0.4, -0.2) is 33.1 Å². The standard InChI is InChI=1S/C6H10N6O2/c7-11-9-1-6(2-10-12-8)3-13-5-14-4-6/h1-5H2. The predicted octanol–water partition coefficient (Wildman–Crippen LogP) is 1.60. The van der Waals surface area contributed by atoms with Crippen molar-refractivity contribution in [2.45, 2.75) is 0 Å². The van der Waals surface area contributed by atoms with Crippen LogP contribution in [0.15, 0.2) is 10.2 Å². The molecule has 14 heavy (non-hydrogen) atoms. The minimum atomic E-state index is -0.503. The molecule has 0 aliphatic carbocycles. The highest BCUT2D eigenvalue weighted by Crippen LogP contribution is 2.23. The number of hydrogen-bond acceptors (Lipinski definition) is 4. The topological polar surface area (TPSA) is 116 Å². The van der Waals surface area contributed by atoms with E-state index in [1.165, 1.54) is 0 Å². The SMILES string of the molecule is [N-]=[N+]=NCC1(CN=[N+]=[N-])COCOC1. The molecule has 0 aromatic heterocycles. The van der Waals surface area contributed by atoms with Gasteiger partial charge in [0, 0.05) is 28.3 Å². The lowest BCUT2D eigenvalue weighted by atomic mass is 9.90. The average molecular weight is 198 g/mol. The summed E-state index contributed by atoms with van der Waals surface area (Å²) in [5, 5.41) is 6.92. The molecule has 1 saturated heterocycles. The number of nitrogens with zero attached hydrogens (tertiary/aromatic N) is 6. The van der Waals surface area contributed by atoms with Crippen molar-refractivity contribution >= 4 is 0 Å². The smallest absolute Gasteiger partial charge is 0.146 e. The zero-order valence-electron chi connectivity index (χ0n) is 7.54. The summed E-state index contributed by atoms with van der Waals surface area (Å²) >= 11 is 0. The Balaban J connectivity index is 2.65. The molecule has 8 heteroatoms. The maximum Gasteiger partial charge on any atom is 0.146 e. The lowest BCUT2D eigenvalue weighted by molar-refractivity contribution is -0.158. The zero-order chi connectivity index (χ0) is 10.3. The van der Waals surface area contributed by atoms with E-state index in [0.29, 0.717) is 13.2 Å². The normalized spacial score (nSPS) is 19.1. The van der Waals surface area contributed by atoms with Gasteiger partial charge in [-0.25, -0.2) is 0 Å². The van der Waals surface area contributed by atoms with E-state index in [1.54, 1.807) is 0 Å². The van der Waals surface area contributed by atoms with Gasteiger partial charge in [0.2, 0.25) is 0 Å². The third-order valence-corrected chi connectivity index (χ3v) is 1.92. The lowest BCUT2D eigenvalue weighted by Crippen LogP contribution is -2.42. The molecule has 1 aliphatic heterocycles. The van der Waals surface area contributed by atoms with Crippen molar-refractivity contribution in [1.82, 2.24) is 0 Å². The Morgan fingerprint density at radius 3 is 2.00 bits per heavy atom. The number of rotatable bonds is 4. The fourth-order valence-corrected chi connectivity index (χ4v) is 1.21. The van der Waals surface area contributed by atoms with Crippen molar-refractivity contribution in [2.24, 2.45) is 15.6 Å². The van der Waals surface area contributed by atoms with Crippen LogP contribution in [0.5, 0.6) is 0 Å². The van der Waals surface area contributed by atoms with E-state index in [4.69, 9.17) is 20.5 Å². The molecule has 0 saturated carbocycles. The Morgan fingerprint density at radius 2 is 1.57 bits per heavy atom. The third-order valence-electron chi connectivity index (χ3n) is 1.92. The van der Waals surface area contributed by atoms with E-state index >= 15 is 0 Å². The van der Waals surface area contributed by atoms with E-state index in [9.17, 15) is 0 Å². The Bertz CT molecular complexity index is 252. The predicted molar refractivity (Wildman–Crippen MR) is 47.2 cm³/mol. The van der Waals surface area contributed by atoms with E-state index in [-0.39, 0.29) is 19.9 Å². The van der Waals surface area contributed by atoms with Gasteiger partial charge in [-0.1, -0.05) is 10.2 Å². The average Bonchev–Trinajstić information content (AvgIpc) is 2.25. The molecule has 8 nitrogen and oxygen atoms in total. The first kappa shape index (κ1) is 10.6. The van der Waals surface area contributed by atoms with Gasteiger partial charge in [-0.3, -0.25) is 0 Å². The molecule has 0 unspecified atom stereocenters. The number of azide groups is 2. The van der Waals surface area contributed by atoms with Gasteiger partial charge in [0.1, 0.15) is 6.79 Å². The third kappa shape index (κ3) is 2.79. The monoisotopic (exact) mass is 198 g/mol. The first-order chi connectivity index (χ1) is 6.83. The van der Waals surface area contributed by atoms with E-state index in [1.807, 2.05) is 0 Å². The van der Waals surface area contributed by atoms with Crippen LogP contribution < -0.4 is 0 Å². The maximum absolute atomic E-state index is 8.21. The molecule has 0 atom stereocenters. The van der Waals surface area contributed by atoms with Gasteiger partial charge in [0.25, 0.3) is 0 Å². The van der Waals surface area contributed by atoms with Crippen LogP contribution in [0.4, 0.5) is 0 Å².